The van der Waals surface area contributed by atoms with Gasteiger partial charge in [0.15, 0.2) is 5.60 Å². The maximum Gasteiger partial charge on any atom is 0.343 e. The lowest BCUT2D eigenvalue weighted by Crippen LogP contribution is -2.56. The number of amides is 8. The highest BCUT2D eigenvalue weighted by atomic mass is 19.1. The third kappa shape index (κ3) is 14.0. The number of nitrogens with two attached hydrogens (primary N) is 1. The Bertz CT molecular complexity index is 4290. The first-order chi connectivity index (χ1) is 47.6. The Morgan fingerprint density at radius 2 is 1.45 bits per heavy atom. The number of hydrogen-bond acceptors (Lipinski definition) is 17. The van der Waals surface area contributed by atoms with E-state index in [1.54, 1.807) is 18.7 Å². The van der Waals surface area contributed by atoms with Gasteiger partial charge in [-0.2, -0.15) is 15.4 Å². The molecule has 6 aliphatic rings. The number of aliphatic hydroxyl groups is 1. The second-order valence-electron chi connectivity index (χ2n) is 26.8. The molecule has 7 heterocycles. The average Bonchev–Trinajstić information content (AvgIpc) is 1.62. The van der Waals surface area contributed by atoms with Crippen LogP contribution < -0.4 is 42.8 Å². The molecule has 9 N–H and O–H groups in total. The fraction of sp³-hybridized carbons (Fsp3) is 0.479. The van der Waals surface area contributed by atoms with Crippen molar-refractivity contribution in [3.8, 4) is 33.9 Å². The van der Waals surface area contributed by atoms with E-state index in [4.69, 9.17) is 24.9 Å². The summed E-state index contributed by atoms with van der Waals surface area (Å²) in [5.74, 6) is -5.51. The predicted molar refractivity (Wildman–Crippen MR) is 357 cm³/mol. The van der Waals surface area contributed by atoms with Gasteiger partial charge >= 0.3 is 5.97 Å². The molecular formula is C71H82FN13O14. The number of para-hydroxylation sites is 1. The van der Waals surface area contributed by atoms with E-state index in [0.29, 0.717) is 59.4 Å². The SMILES string of the molecule is CC[C@@]1(O)C(=O)OCc2c1cc1n(c2=O)Cc2c-1nc1cc(F)c(C)c3c1c2C(NC(=O)C(CC(N)=O)NC(=O)C(C)NC(=O)C(C)NC(=O)CCOCCOCCC(=O)N1CCC2(CCC(C(=O)NCCC(=O)N4Cc5ccccc5-c5n[nH]nc5-c5ccccc54)CC2)CC1)CC3. The first kappa shape index (κ1) is 69.1. The second-order valence-corrected chi connectivity index (χ2v) is 26.8. The molecule has 1 saturated heterocycles. The molecule has 3 aromatic heterocycles. The van der Waals surface area contributed by atoms with Gasteiger partial charge in [-0.1, -0.05) is 49.4 Å². The standard InChI is InChI=1S/C71H82FN13O14/c1-5-71(96)48-32-54-61-46(36-85(54)68(94)47(48)37-99-69(71)95)60-50(15-14-43-38(2)49(72)33-51(77-61)59(43)60)78-67(93)52(34-55(73)86)79-65(91)40(4)76-64(90)39(3)75-56(87)19-28-97-30-31-98-29-20-57(88)83-26-23-70(24-27-83)21-16-41(17-22-70)66(92)74-25-18-58(89)84-35-42-10-6-7-11-44(42)62-63(81-82-80-62)45-12-8-9-13-53(45)84/h6-13,32-33,39-41,50,52,96H,5,14-31,34-37H2,1-4H3,(H2,73,86)(H,74,92)(H,75,87)(H,76,90)(H,78,93)(H,79,91)(H,80,81,82)/t39?,40?,50?,52?,71-/m0/s1. The van der Waals surface area contributed by atoms with Crippen LogP contribution in [-0.2, 0) is 89.1 Å². The Kier molecular flexibility index (Phi) is 20.2. The number of anilines is 1. The lowest BCUT2D eigenvalue weighted by atomic mass is 9.65. The predicted octanol–water partition coefficient (Wildman–Crippen LogP) is 4.12. The molecule has 99 heavy (non-hydrogen) atoms. The van der Waals surface area contributed by atoms with Crippen LogP contribution in [0, 0.1) is 24.1 Å². The summed E-state index contributed by atoms with van der Waals surface area (Å²) in [5.41, 5.74) is 10.9. The number of esters is 1. The number of aromatic amines is 1. The number of nitrogens with zero attached hydrogens (tertiary/aromatic N) is 6. The van der Waals surface area contributed by atoms with Gasteiger partial charge in [-0.25, -0.2) is 14.2 Å². The lowest BCUT2D eigenvalue weighted by molar-refractivity contribution is -0.172. The molecule has 12 rings (SSSR count). The zero-order chi connectivity index (χ0) is 70.0. The molecule has 6 aromatic rings. The maximum atomic E-state index is 15.6. The fourth-order valence-electron chi connectivity index (χ4n) is 14.9. The molecule has 2 fully saturated rings. The van der Waals surface area contributed by atoms with Gasteiger partial charge in [-0.05, 0) is 118 Å². The van der Waals surface area contributed by atoms with Gasteiger partial charge in [0.05, 0.1) is 86.6 Å². The molecule has 4 unspecified atom stereocenters. The number of fused-ring (bicyclic) bond motifs is 10. The minimum Gasteiger partial charge on any atom is -0.458 e. The van der Waals surface area contributed by atoms with Gasteiger partial charge in [0.1, 0.15) is 41.9 Å². The minimum atomic E-state index is -2.10. The van der Waals surface area contributed by atoms with E-state index in [0.717, 1.165) is 66.6 Å². The van der Waals surface area contributed by atoms with Crippen LogP contribution in [0.15, 0.2) is 65.5 Å². The van der Waals surface area contributed by atoms with Crippen LogP contribution in [0.5, 0.6) is 0 Å². The molecular weight excluding hydrogens is 1280 g/mol. The number of pyridine rings is 2. The third-order valence-electron chi connectivity index (χ3n) is 20.7. The number of likely N-dealkylation sites (tertiary alicyclic amines) is 1. The van der Waals surface area contributed by atoms with E-state index in [1.165, 1.54) is 30.5 Å². The van der Waals surface area contributed by atoms with Gasteiger partial charge in [-0.15, -0.1) is 0 Å². The highest BCUT2D eigenvalue weighted by molar-refractivity contribution is 6.01. The third-order valence-corrected chi connectivity index (χ3v) is 20.7. The number of ether oxygens (including phenoxy) is 3. The summed E-state index contributed by atoms with van der Waals surface area (Å²) in [4.78, 5) is 142. The second kappa shape index (κ2) is 29.0. The number of piperidine rings is 1. The molecule has 1 spiro atoms. The summed E-state index contributed by atoms with van der Waals surface area (Å²) in [6, 6.07) is 13.6. The van der Waals surface area contributed by atoms with Crippen molar-refractivity contribution in [2.75, 3.05) is 51.0 Å². The number of halogens is 1. The van der Waals surface area contributed by atoms with Crippen molar-refractivity contribution in [1.29, 1.82) is 0 Å². The Hall–Kier alpha value is -9.80. The number of aryl methyl sites for hydroxylation is 1. The summed E-state index contributed by atoms with van der Waals surface area (Å²) in [7, 11) is 0. The quantitative estimate of drug-likeness (QED) is 0.0330. The molecule has 522 valence electrons. The highest BCUT2D eigenvalue weighted by Gasteiger charge is 2.47. The lowest BCUT2D eigenvalue weighted by Gasteiger charge is -2.45. The Morgan fingerprint density at radius 3 is 2.18 bits per heavy atom. The van der Waals surface area contributed by atoms with Crippen LogP contribution >= 0.6 is 0 Å². The number of aromatic nitrogens is 5. The summed E-state index contributed by atoms with van der Waals surface area (Å²) in [5, 5.41) is 37.3. The molecule has 8 amide bonds. The van der Waals surface area contributed by atoms with Crippen LogP contribution in [0.3, 0.4) is 0 Å². The molecule has 27 nitrogen and oxygen atoms in total. The van der Waals surface area contributed by atoms with Crippen molar-refractivity contribution in [1.82, 2.24) is 56.4 Å². The van der Waals surface area contributed by atoms with Crippen molar-refractivity contribution in [2.45, 2.75) is 161 Å². The van der Waals surface area contributed by atoms with Gasteiger partial charge in [0, 0.05) is 72.1 Å². The van der Waals surface area contributed by atoms with Crippen LogP contribution in [0.2, 0.25) is 0 Å². The number of carbonyl (C=O) groups is 9. The van der Waals surface area contributed by atoms with Crippen LogP contribution in [0.25, 0.3) is 44.8 Å². The molecule has 28 heteroatoms. The normalized spacial score (nSPS) is 18.9. The average molecular weight is 1360 g/mol. The number of rotatable bonds is 23. The molecule has 0 bridgehead atoms. The molecule has 2 aliphatic carbocycles. The monoisotopic (exact) mass is 1360 g/mol. The maximum absolute atomic E-state index is 15.6. The van der Waals surface area contributed by atoms with E-state index in [2.05, 4.69) is 42.0 Å². The molecule has 0 radical (unpaired) electrons. The molecule has 3 aromatic carbocycles. The summed E-state index contributed by atoms with van der Waals surface area (Å²) >= 11 is 0. The number of primary amides is 1. The first-order valence-corrected chi connectivity index (χ1v) is 34.0. The summed E-state index contributed by atoms with van der Waals surface area (Å²) in [6.45, 7) is 7.96. The van der Waals surface area contributed by atoms with Crippen molar-refractivity contribution in [3.63, 3.8) is 0 Å². The molecule has 5 atom stereocenters. The van der Waals surface area contributed by atoms with Crippen molar-refractivity contribution >= 4 is 69.8 Å². The van der Waals surface area contributed by atoms with E-state index < -0.39 is 83.1 Å². The zero-order valence-electron chi connectivity index (χ0n) is 55.8. The topological polar surface area (TPSA) is 371 Å². The van der Waals surface area contributed by atoms with Crippen molar-refractivity contribution in [3.05, 3.63) is 116 Å². The first-order valence-electron chi connectivity index (χ1n) is 34.0. The number of benzene rings is 3. The Morgan fingerprint density at radius 1 is 0.778 bits per heavy atom. The highest BCUT2D eigenvalue weighted by Crippen LogP contribution is 2.48. The number of hydrogen-bond donors (Lipinski definition) is 8. The van der Waals surface area contributed by atoms with Crippen molar-refractivity contribution < 1.29 is 66.9 Å². The van der Waals surface area contributed by atoms with E-state index in [1.807, 2.05) is 53.4 Å². The van der Waals surface area contributed by atoms with Gasteiger partial charge in [-0.3, -0.25) is 43.2 Å². The smallest absolute Gasteiger partial charge is 0.343 e. The van der Waals surface area contributed by atoms with Crippen LogP contribution in [0.1, 0.15) is 143 Å². The van der Waals surface area contributed by atoms with Crippen molar-refractivity contribution in [2.24, 2.45) is 17.1 Å². The van der Waals surface area contributed by atoms with Gasteiger partial charge in [0.2, 0.25) is 47.3 Å². The van der Waals surface area contributed by atoms with Gasteiger partial charge < -0.3 is 66.0 Å². The molecule has 1 saturated carbocycles. The van der Waals surface area contributed by atoms with Gasteiger partial charge in [0.25, 0.3) is 5.56 Å². The van der Waals surface area contributed by atoms with Crippen LogP contribution in [0.4, 0.5) is 10.1 Å². The molecule has 4 aliphatic heterocycles. The van der Waals surface area contributed by atoms with E-state index in [-0.39, 0.29) is 135 Å². The largest absolute Gasteiger partial charge is 0.458 e. The summed E-state index contributed by atoms with van der Waals surface area (Å²) in [6.07, 6.45) is 5.05. The zero-order valence-corrected chi connectivity index (χ0v) is 55.8. The number of carbonyl (C=O) groups excluding carboxylic acids is 9. The minimum absolute atomic E-state index is 0.00197. The number of nitrogens with one attached hydrogen (secondary N) is 6. The number of H-pyrrole nitrogens is 1. The van der Waals surface area contributed by atoms with E-state index in [9.17, 15) is 53.1 Å². The summed E-state index contributed by atoms with van der Waals surface area (Å²) < 4.78 is 33.5. The Balaban J connectivity index is 0.535. The Labute approximate surface area is 569 Å². The number of cyclic esters (lactones) is 1. The fourth-order valence-corrected chi connectivity index (χ4v) is 14.9. The van der Waals surface area contributed by atoms with Crippen LogP contribution in [-0.4, -0.2) is 152 Å². The van der Waals surface area contributed by atoms with E-state index >= 15 is 4.39 Å².